The lowest BCUT2D eigenvalue weighted by Gasteiger charge is -2.09. The summed E-state index contributed by atoms with van der Waals surface area (Å²) in [5.74, 6) is 1.10. The van der Waals surface area contributed by atoms with Crippen LogP contribution in [0.15, 0.2) is 0 Å². The van der Waals surface area contributed by atoms with Crippen LogP contribution in [0.25, 0.3) is 0 Å². The molecule has 0 radical (unpaired) electrons. The Bertz CT molecular complexity index is 162. The molecule has 1 aliphatic heterocycles. The highest BCUT2D eigenvalue weighted by molar-refractivity contribution is 4.73. The van der Waals surface area contributed by atoms with Crippen LogP contribution in [0.3, 0.4) is 0 Å². The van der Waals surface area contributed by atoms with Crippen molar-refractivity contribution < 1.29 is 4.74 Å². The molecule has 1 atom stereocenters. The van der Waals surface area contributed by atoms with Gasteiger partial charge in [-0.05, 0) is 57.5 Å². The van der Waals surface area contributed by atoms with Gasteiger partial charge in [0.25, 0.3) is 0 Å². The highest BCUT2D eigenvalue weighted by Crippen LogP contribution is 2.33. The van der Waals surface area contributed by atoms with Gasteiger partial charge in [0.2, 0.25) is 0 Å². The Kier molecular flexibility index (Phi) is 4.94. The molecule has 0 spiro atoms. The Balaban J connectivity index is 1.32. The molecule has 0 aromatic heterocycles. The molecule has 0 amide bonds. The van der Waals surface area contributed by atoms with E-state index < -0.39 is 0 Å². The number of hydrogen-bond acceptors (Lipinski definition) is 2. The zero-order valence-corrected chi connectivity index (χ0v) is 9.84. The maximum Gasteiger partial charge on any atom is 0.0576 e. The van der Waals surface area contributed by atoms with Gasteiger partial charge < -0.3 is 10.1 Å². The van der Waals surface area contributed by atoms with Gasteiger partial charge in [0.15, 0.2) is 0 Å². The lowest BCUT2D eigenvalue weighted by molar-refractivity contribution is 0.102. The van der Waals surface area contributed by atoms with Crippen LogP contribution in [0.1, 0.15) is 51.4 Å². The molecular weight excluding hydrogens is 186 g/mol. The topological polar surface area (TPSA) is 21.3 Å². The van der Waals surface area contributed by atoms with Crippen molar-refractivity contribution in [3.8, 4) is 0 Å². The highest BCUT2D eigenvalue weighted by Gasteiger charge is 2.19. The zero-order chi connectivity index (χ0) is 10.3. The number of rotatable bonds is 8. The van der Waals surface area contributed by atoms with Crippen molar-refractivity contribution >= 4 is 0 Å². The molecule has 1 saturated carbocycles. The molecule has 1 heterocycles. The first-order chi connectivity index (χ1) is 7.45. The van der Waals surface area contributed by atoms with E-state index in [0.717, 1.165) is 12.5 Å². The van der Waals surface area contributed by atoms with Gasteiger partial charge in [0.1, 0.15) is 0 Å². The SMILES string of the molecule is C(CNCCCC1CCCO1)CC1CC1. The molecule has 1 aliphatic carbocycles. The van der Waals surface area contributed by atoms with Crippen LogP contribution in [0.2, 0.25) is 0 Å². The monoisotopic (exact) mass is 211 g/mol. The van der Waals surface area contributed by atoms with Gasteiger partial charge in [-0.25, -0.2) is 0 Å². The Labute approximate surface area is 93.8 Å². The van der Waals surface area contributed by atoms with Gasteiger partial charge >= 0.3 is 0 Å². The van der Waals surface area contributed by atoms with E-state index in [-0.39, 0.29) is 0 Å². The molecule has 88 valence electrons. The normalized spacial score (nSPS) is 26.0. The summed E-state index contributed by atoms with van der Waals surface area (Å²) >= 11 is 0. The molecular formula is C13H25NO. The van der Waals surface area contributed by atoms with E-state index in [1.807, 2.05) is 0 Å². The fraction of sp³-hybridized carbons (Fsp3) is 1.00. The van der Waals surface area contributed by atoms with Crippen LogP contribution < -0.4 is 5.32 Å². The van der Waals surface area contributed by atoms with Crippen LogP contribution in [0.5, 0.6) is 0 Å². The molecule has 0 aromatic rings. The van der Waals surface area contributed by atoms with Gasteiger partial charge in [0.05, 0.1) is 6.10 Å². The first-order valence-electron chi connectivity index (χ1n) is 6.77. The summed E-state index contributed by atoms with van der Waals surface area (Å²) < 4.78 is 5.59. The van der Waals surface area contributed by atoms with Crippen LogP contribution >= 0.6 is 0 Å². The largest absolute Gasteiger partial charge is 0.378 e. The van der Waals surface area contributed by atoms with Crippen LogP contribution in [-0.2, 0) is 4.74 Å². The van der Waals surface area contributed by atoms with E-state index in [1.165, 1.54) is 64.5 Å². The van der Waals surface area contributed by atoms with E-state index in [9.17, 15) is 0 Å². The quantitative estimate of drug-likeness (QED) is 0.623. The van der Waals surface area contributed by atoms with Crippen molar-refractivity contribution in [2.24, 2.45) is 5.92 Å². The van der Waals surface area contributed by atoms with Crippen LogP contribution in [-0.4, -0.2) is 25.8 Å². The molecule has 1 saturated heterocycles. The lowest BCUT2D eigenvalue weighted by atomic mass is 10.1. The van der Waals surface area contributed by atoms with Crippen molar-refractivity contribution in [1.29, 1.82) is 0 Å². The summed E-state index contributed by atoms with van der Waals surface area (Å²) in [5, 5.41) is 3.54. The van der Waals surface area contributed by atoms with E-state index in [2.05, 4.69) is 5.32 Å². The van der Waals surface area contributed by atoms with Crippen LogP contribution in [0, 0.1) is 5.92 Å². The summed E-state index contributed by atoms with van der Waals surface area (Å²) in [7, 11) is 0. The first-order valence-corrected chi connectivity index (χ1v) is 6.77. The first kappa shape index (κ1) is 11.4. The molecule has 1 unspecified atom stereocenters. The second-order valence-corrected chi connectivity index (χ2v) is 5.11. The minimum Gasteiger partial charge on any atom is -0.378 e. The summed E-state index contributed by atoms with van der Waals surface area (Å²) in [4.78, 5) is 0. The van der Waals surface area contributed by atoms with Crippen molar-refractivity contribution in [3.05, 3.63) is 0 Å². The molecule has 0 bridgehead atoms. The molecule has 2 rings (SSSR count). The standard InChI is InChI=1S/C13H25NO/c1(4-12-7-8-12)9-14-10-2-5-13-6-3-11-15-13/h12-14H,1-11H2. The van der Waals surface area contributed by atoms with Gasteiger partial charge in [-0.1, -0.05) is 12.8 Å². The Hall–Kier alpha value is -0.0800. The molecule has 2 heteroatoms. The lowest BCUT2D eigenvalue weighted by Crippen LogP contribution is -2.18. The molecule has 2 aliphatic rings. The number of hydrogen-bond donors (Lipinski definition) is 1. The Morgan fingerprint density at radius 1 is 1.00 bits per heavy atom. The third-order valence-electron chi connectivity index (χ3n) is 3.57. The molecule has 2 nitrogen and oxygen atoms in total. The number of ether oxygens (including phenoxy) is 1. The fourth-order valence-corrected chi connectivity index (χ4v) is 2.37. The Morgan fingerprint density at radius 3 is 2.47 bits per heavy atom. The van der Waals surface area contributed by atoms with Crippen molar-refractivity contribution in [2.75, 3.05) is 19.7 Å². The smallest absolute Gasteiger partial charge is 0.0576 e. The van der Waals surface area contributed by atoms with Crippen molar-refractivity contribution in [1.82, 2.24) is 5.32 Å². The number of nitrogens with one attached hydrogen (secondary N) is 1. The Morgan fingerprint density at radius 2 is 1.80 bits per heavy atom. The van der Waals surface area contributed by atoms with Crippen molar-refractivity contribution in [2.45, 2.75) is 57.5 Å². The van der Waals surface area contributed by atoms with Gasteiger partial charge in [-0.15, -0.1) is 0 Å². The van der Waals surface area contributed by atoms with Crippen LogP contribution in [0.4, 0.5) is 0 Å². The third-order valence-corrected chi connectivity index (χ3v) is 3.57. The van der Waals surface area contributed by atoms with Gasteiger partial charge in [-0.2, -0.15) is 0 Å². The summed E-state index contributed by atoms with van der Waals surface area (Å²) in [5.41, 5.74) is 0. The second kappa shape index (κ2) is 6.49. The average Bonchev–Trinajstić information content (AvgIpc) is 2.92. The zero-order valence-electron chi connectivity index (χ0n) is 9.84. The maximum atomic E-state index is 5.59. The van der Waals surface area contributed by atoms with E-state index in [0.29, 0.717) is 6.10 Å². The van der Waals surface area contributed by atoms with E-state index in [4.69, 9.17) is 4.74 Å². The molecule has 1 N–H and O–H groups in total. The van der Waals surface area contributed by atoms with Crippen molar-refractivity contribution in [3.63, 3.8) is 0 Å². The average molecular weight is 211 g/mol. The summed E-state index contributed by atoms with van der Waals surface area (Å²) in [6.07, 6.45) is 11.5. The second-order valence-electron chi connectivity index (χ2n) is 5.11. The fourth-order valence-electron chi connectivity index (χ4n) is 2.37. The minimum atomic E-state index is 0.582. The molecule has 0 aromatic carbocycles. The van der Waals surface area contributed by atoms with E-state index in [1.54, 1.807) is 0 Å². The predicted molar refractivity (Wildman–Crippen MR) is 63.0 cm³/mol. The maximum absolute atomic E-state index is 5.59. The highest BCUT2D eigenvalue weighted by atomic mass is 16.5. The molecule has 15 heavy (non-hydrogen) atoms. The third kappa shape index (κ3) is 4.98. The molecule has 2 fully saturated rings. The van der Waals surface area contributed by atoms with E-state index >= 15 is 0 Å². The predicted octanol–water partition coefficient (Wildman–Crippen LogP) is 2.73. The van der Waals surface area contributed by atoms with Gasteiger partial charge in [0, 0.05) is 6.61 Å². The summed E-state index contributed by atoms with van der Waals surface area (Å²) in [6, 6.07) is 0. The van der Waals surface area contributed by atoms with Gasteiger partial charge in [-0.3, -0.25) is 0 Å². The summed E-state index contributed by atoms with van der Waals surface area (Å²) in [6.45, 7) is 3.41. The minimum absolute atomic E-state index is 0.582.